The lowest BCUT2D eigenvalue weighted by molar-refractivity contribution is 0.483. The van der Waals surface area contributed by atoms with Gasteiger partial charge in [0.2, 0.25) is 10.0 Å². The molecule has 4 N–H and O–H groups in total. The maximum absolute atomic E-state index is 11.6. The van der Waals surface area contributed by atoms with Crippen molar-refractivity contribution in [3.05, 3.63) is 59.7 Å². The molecule has 156 valence electrons. The van der Waals surface area contributed by atoms with Crippen molar-refractivity contribution in [1.82, 2.24) is 4.72 Å². The highest BCUT2D eigenvalue weighted by Gasteiger charge is 2.16. The average molecular weight is 429 g/mol. The second-order valence-corrected chi connectivity index (χ2v) is 10.5. The van der Waals surface area contributed by atoms with E-state index in [-0.39, 0.29) is 10.8 Å². The summed E-state index contributed by atoms with van der Waals surface area (Å²) in [5.74, 6) is 0.129. The van der Waals surface area contributed by atoms with Gasteiger partial charge in [-0.25, -0.2) is 13.1 Å². The van der Waals surface area contributed by atoms with E-state index in [0.717, 1.165) is 11.1 Å². The highest BCUT2D eigenvalue weighted by Crippen LogP contribution is 2.16. The van der Waals surface area contributed by atoms with Crippen molar-refractivity contribution in [1.29, 1.82) is 0 Å². The van der Waals surface area contributed by atoms with Crippen LogP contribution in [-0.2, 0) is 20.1 Å². The van der Waals surface area contributed by atoms with Gasteiger partial charge in [-0.1, -0.05) is 36.8 Å². The molecule has 0 fully saturated rings. The molecule has 0 aromatic heterocycles. The topological polar surface area (TPSA) is 127 Å². The van der Waals surface area contributed by atoms with Crippen LogP contribution in [-0.4, -0.2) is 33.2 Å². The van der Waals surface area contributed by atoms with Gasteiger partial charge in [0.05, 0.1) is 10.1 Å². The van der Waals surface area contributed by atoms with E-state index in [2.05, 4.69) is 4.72 Å². The van der Waals surface area contributed by atoms with Crippen LogP contribution in [0.15, 0.2) is 53.4 Å². The first-order valence-electron chi connectivity index (χ1n) is 8.71. The smallest absolute Gasteiger partial charge is 0.294 e. The first-order valence-corrected chi connectivity index (χ1v) is 11.7. The fourth-order valence-corrected chi connectivity index (χ4v) is 3.36. The number of benzene rings is 2. The summed E-state index contributed by atoms with van der Waals surface area (Å²) in [6.45, 7) is 7.55. The Bertz CT molecular complexity index is 952. The van der Waals surface area contributed by atoms with Gasteiger partial charge >= 0.3 is 0 Å². The number of nitrogens with one attached hydrogen (secondary N) is 1. The zero-order valence-corrected chi connectivity index (χ0v) is 18.1. The van der Waals surface area contributed by atoms with Crippen molar-refractivity contribution in [2.75, 3.05) is 12.3 Å². The maximum atomic E-state index is 11.6. The van der Waals surface area contributed by atoms with Crippen LogP contribution in [0.2, 0.25) is 0 Å². The molecule has 0 bridgehead atoms. The Morgan fingerprint density at radius 2 is 1.43 bits per heavy atom. The molecule has 0 radical (unpaired) electrons. The third-order valence-electron chi connectivity index (χ3n) is 4.04. The lowest BCUT2D eigenvalue weighted by Crippen LogP contribution is -2.33. The van der Waals surface area contributed by atoms with E-state index in [1.165, 1.54) is 12.1 Å². The van der Waals surface area contributed by atoms with Crippen molar-refractivity contribution in [3.63, 3.8) is 0 Å². The summed E-state index contributed by atoms with van der Waals surface area (Å²) in [4.78, 5) is -0.0666. The molecule has 0 aliphatic carbocycles. The van der Waals surface area contributed by atoms with Gasteiger partial charge in [-0.2, -0.15) is 8.42 Å². The monoisotopic (exact) mass is 428 g/mol. The number of sulfonamides is 1. The second-order valence-electron chi connectivity index (χ2n) is 6.80. The summed E-state index contributed by atoms with van der Waals surface area (Å²) >= 11 is 0. The molecule has 0 saturated heterocycles. The Kier molecular flexibility index (Phi) is 8.62. The third kappa shape index (κ3) is 7.97. The van der Waals surface area contributed by atoms with Crippen LogP contribution in [0.4, 0.5) is 5.69 Å². The van der Waals surface area contributed by atoms with Gasteiger partial charge in [0, 0.05) is 12.2 Å². The summed E-state index contributed by atoms with van der Waals surface area (Å²) in [5, 5.41) is -0.402. The van der Waals surface area contributed by atoms with E-state index >= 15 is 0 Å². The molecule has 2 rings (SSSR count). The lowest BCUT2D eigenvalue weighted by atomic mass is 10.0. The molecule has 0 unspecified atom stereocenters. The number of hydrogen-bond donors (Lipinski definition) is 3. The Morgan fingerprint density at radius 3 is 1.86 bits per heavy atom. The minimum Gasteiger partial charge on any atom is -0.399 e. The van der Waals surface area contributed by atoms with Crippen molar-refractivity contribution >= 4 is 25.8 Å². The highest BCUT2D eigenvalue weighted by molar-refractivity contribution is 7.90. The summed E-state index contributed by atoms with van der Waals surface area (Å²) < 4.78 is 55.3. The Balaban J connectivity index is 0.000000307. The quantitative estimate of drug-likeness (QED) is 0.480. The van der Waals surface area contributed by atoms with E-state index in [1.54, 1.807) is 26.0 Å². The van der Waals surface area contributed by atoms with Gasteiger partial charge < -0.3 is 5.73 Å². The number of anilines is 1. The standard InChI is InChI=1S/C12H20N2O2S.C7H8O3S/c1-9(2)17(15,16)14-8-10(3)11-4-6-12(13)7-5-11;1-6-2-4-7(5-3-6)11(8,9)10/h4-7,9-10,14H,8,13H2,1-3H3;2-5H,1H3,(H,8,9,10)/t10-;/m0./s1. The lowest BCUT2D eigenvalue weighted by Gasteiger charge is -2.15. The maximum Gasteiger partial charge on any atom is 0.294 e. The first kappa shape index (κ1) is 24.1. The number of nitrogens with two attached hydrogens (primary N) is 1. The van der Waals surface area contributed by atoms with Crippen LogP contribution in [0.5, 0.6) is 0 Å². The van der Waals surface area contributed by atoms with Crippen LogP contribution in [0.3, 0.4) is 0 Å². The number of rotatable bonds is 6. The molecule has 0 aliphatic heterocycles. The van der Waals surface area contributed by atoms with Gasteiger partial charge in [0.25, 0.3) is 10.1 Å². The molecule has 28 heavy (non-hydrogen) atoms. The normalized spacial score (nSPS) is 12.9. The molecule has 9 heteroatoms. The first-order chi connectivity index (χ1) is 12.8. The van der Waals surface area contributed by atoms with Crippen LogP contribution in [0.1, 0.15) is 37.8 Å². The van der Waals surface area contributed by atoms with Crippen LogP contribution >= 0.6 is 0 Å². The summed E-state index contributed by atoms with van der Waals surface area (Å²) in [6.07, 6.45) is 0. The highest BCUT2D eigenvalue weighted by atomic mass is 32.2. The van der Waals surface area contributed by atoms with Gasteiger partial charge in [-0.15, -0.1) is 0 Å². The molecule has 7 nitrogen and oxygen atoms in total. The predicted molar refractivity (Wildman–Crippen MR) is 112 cm³/mol. The van der Waals surface area contributed by atoms with Crippen LogP contribution in [0, 0.1) is 6.92 Å². The van der Waals surface area contributed by atoms with Crippen LogP contribution < -0.4 is 10.5 Å². The van der Waals surface area contributed by atoms with Gasteiger partial charge in [0.15, 0.2) is 0 Å². The van der Waals surface area contributed by atoms with E-state index in [9.17, 15) is 16.8 Å². The van der Waals surface area contributed by atoms with E-state index in [4.69, 9.17) is 10.3 Å². The number of nitrogen functional groups attached to an aromatic ring is 1. The Labute approximate surface area is 167 Å². The zero-order chi connectivity index (χ0) is 21.5. The number of hydrogen-bond acceptors (Lipinski definition) is 5. The second kappa shape index (κ2) is 10.0. The third-order valence-corrected chi connectivity index (χ3v) is 6.71. The van der Waals surface area contributed by atoms with Crippen molar-refractivity contribution in [2.24, 2.45) is 0 Å². The SMILES string of the molecule is CC(C)S(=O)(=O)NC[C@H](C)c1ccc(N)cc1.Cc1ccc(S(=O)(=O)O)cc1. The van der Waals surface area contributed by atoms with Gasteiger partial charge in [-0.05, 0) is 56.5 Å². The van der Waals surface area contributed by atoms with Gasteiger partial charge in [-0.3, -0.25) is 4.55 Å². The molecule has 0 aliphatic rings. The summed E-state index contributed by atoms with van der Waals surface area (Å²) in [6, 6.07) is 13.5. The molecule has 2 aromatic rings. The summed E-state index contributed by atoms with van der Waals surface area (Å²) in [5.41, 5.74) is 8.34. The minimum absolute atomic E-state index is 0.0666. The predicted octanol–water partition coefficient (Wildman–Crippen LogP) is 2.94. The van der Waals surface area contributed by atoms with Crippen molar-refractivity contribution < 1.29 is 21.4 Å². The van der Waals surface area contributed by atoms with Crippen molar-refractivity contribution in [2.45, 2.75) is 43.8 Å². The molecule has 2 aromatic carbocycles. The molecule has 0 heterocycles. The van der Waals surface area contributed by atoms with E-state index in [1.807, 2.05) is 38.1 Å². The largest absolute Gasteiger partial charge is 0.399 e. The zero-order valence-electron chi connectivity index (χ0n) is 16.5. The Hall–Kier alpha value is -1.94. The summed E-state index contributed by atoms with van der Waals surface area (Å²) in [7, 11) is -7.20. The molecule has 0 saturated carbocycles. The van der Waals surface area contributed by atoms with E-state index in [0.29, 0.717) is 12.2 Å². The molecular weight excluding hydrogens is 400 g/mol. The van der Waals surface area contributed by atoms with Crippen molar-refractivity contribution in [3.8, 4) is 0 Å². The molecular formula is C19H28N2O5S2. The van der Waals surface area contributed by atoms with E-state index < -0.39 is 25.4 Å². The average Bonchev–Trinajstić information content (AvgIpc) is 2.60. The fourth-order valence-electron chi connectivity index (χ4n) is 2.06. The molecule has 0 spiro atoms. The Morgan fingerprint density at radius 1 is 0.929 bits per heavy atom. The molecule has 0 amide bonds. The fraction of sp³-hybridized carbons (Fsp3) is 0.368. The van der Waals surface area contributed by atoms with Crippen LogP contribution in [0.25, 0.3) is 0 Å². The molecule has 1 atom stereocenters. The minimum atomic E-state index is -4.02. The van der Waals surface area contributed by atoms with Gasteiger partial charge in [0.1, 0.15) is 0 Å². The number of aryl methyl sites for hydroxylation is 1.